The summed E-state index contributed by atoms with van der Waals surface area (Å²) in [5.74, 6) is 5.51. The average molecular weight is 237 g/mol. The number of hydrogen-bond donors (Lipinski definition) is 2. The average Bonchev–Trinajstić information content (AvgIpc) is 2.89. The van der Waals surface area contributed by atoms with Gasteiger partial charge in [0.2, 0.25) is 0 Å². The van der Waals surface area contributed by atoms with Crippen molar-refractivity contribution in [3.8, 4) is 0 Å². The zero-order chi connectivity index (χ0) is 12.3. The maximum atomic E-state index is 10.3. The first-order chi connectivity index (χ1) is 8.16. The maximum absolute atomic E-state index is 10.3. The molecule has 0 aliphatic rings. The summed E-state index contributed by atoms with van der Waals surface area (Å²) in [7, 11) is 0. The van der Waals surface area contributed by atoms with Crippen LogP contribution in [0.15, 0.2) is 28.0 Å². The Balaban J connectivity index is 2.01. The van der Waals surface area contributed by atoms with E-state index in [4.69, 9.17) is 10.3 Å². The van der Waals surface area contributed by atoms with Gasteiger partial charge in [-0.3, -0.25) is 10.1 Å². The summed E-state index contributed by atoms with van der Waals surface area (Å²) in [6, 6.07) is 2.64. The number of nitro groups is 1. The van der Waals surface area contributed by atoms with Crippen LogP contribution in [0.2, 0.25) is 0 Å². The maximum Gasteiger partial charge on any atom is 0.433 e. The zero-order valence-corrected chi connectivity index (χ0v) is 8.35. The van der Waals surface area contributed by atoms with Crippen LogP contribution in [0.4, 0.5) is 11.8 Å². The van der Waals surface area contributed by atoms with Gasteiger partial charge in [0.1, 0.15) is 11.3 Å². The molecular weight excluding hydrogens is 230 g/mol. The van der Waals surface area contributed by atoms with Gasteiger partial charge in [0, 0.05) is 0 Å². The Labute approximate surface area is 93.9 Å². The van der Waals surface area contributed by atoms with Crippen molar-refractivity contribution in [3.63, 3.8) is 0 Å². The highest BCUT2D eigenvalue weighted by atomic mass is 16.6. The molecule has 0 bridgehead atoms. The summed E-state index contributed by atoms with van der Waals surface area (Å²) in [6.07, 6.45) is 2.54. The number of nitrogens with zero attached hydrogens (tertiary/aromatic N) is 5. The molecule has 2 aromatic heterocycles. The van der Waals surface area contributed by atoms with Gasteiger partial charge in [-0.2, -0.15) is 5.10 Å². The fraction of sp³-hybridized carbons (Fsp3) is 0. The molecule has 0 saturated carbocycles. The lowest BCUT2D eigenvalue weighted by Crippen LogP contribution is -2.10. The van der Waals surface area contributed by atoms with Gasteiger partial charge in [0.05, 0.1) is 12.3 Å². The number of nitrogen functional groups attached to an aromatic ring is 1. The second-order valence-corrected chi connectivity index (χ2v) is 2.86. The largest absolute Gasteiger partial charge is 0.433 e. The highest BCUT2D eigenvalue weighted by molar-refractivity contribution is 5.76. The number of furan rings is 1. The fourth-order valence-electron chi connectivity index (χ4n) is 0.986. The SMILES string of the molecule is Nn1cnnc1NN=Cc1ccc([N+](=O)[O-])o1. The third-order valence-electron chi connectivity index (χ3n) is 1.72. The lowest BCUT2D eigenvalue weighted by Gasteiger charge is -1.95. The Hall–Kier alpha value is -2.91. The standard InChI is InChI=1S/C7H7N7O3/c8-13-4-10-12-7(13)11-9-3-5-1-2-6(17-5)14(15)16/h1-4H,8H2,(H,11,12). The second-order valence-electron chi connectivity index (χ2n) is 2.86. The third-order valence-corrected chi connectivity index (χ3v) is 1.72. The van der Waals surface area contributed by atoms with E-state index in [1.165, 1.54) is 24.7 Å². The lowest BCUT2D eigenvalue weighted by molar-refractivity contribution is -0.402. The first-order valence-electron chi connectivity index (χ1n) is 4.35. The summed E-state index contributed by atoms with van der Waals surface area (Å²) in [4.78, 5) is 9.70. The predicted molar refractivity (Wildman–Crippen MR) is 56.8 cm³/mol. The van der Waals surface area contributed by atoms with Crippen molar-refractivity contribution in [2.24, 2.45) is 5.10 Å². The minimum absolute atomic E-state index is 0.224. The summed E-state index contributed by atoms with van der Waals surface area (Å²) < 4.78 is 5.96. The smallest absolute Gasteiger partial charge is 0.400 e. The molecule has 2 aromatic rings. The van der Waals surface area contributed by atoms with Gasteiger partial charge in [-0.15, -0.1) is 10.2 Å². The normalized spacial score (nSPS) is 10.8. The molecule has 0 amide bonds. The van der Waals surface area contributed by atoms with Crippen LogP contribution in [0.1, 0.15) is 5.76 Å². The van der Waals surface area contributed by atoms with Crippen molar-refractivity contribution < 1.29 is 9.34 Å². The first-order valence-corrected chi connectivity index (χ1v) is 4.35. The van der Waals surface area contributed by atoms with Crippen LogP contribution < -0.4 is 11.3 Å². The molecule has 10 heteroatoms. The van der Waals surface area contributed by atoms with E-state index in [1.807, 2.05) is 0 Å². The van der Waals surface area contributed by atoms with E-state index in [2.05, 4.69) is 20.7 Å². The van der Waals surface area contributed by atoms with E-state index < -0.39 is 4.92 Å². The Morgan fingerprint density at radius 3 is 3.06 bits per heavy atom. The van der Waals surface area contributed by atoms with Gasteiger partial charge in [0.25, 0.3) is 5.95 Å². The van der Waals surface area contributed by atoms with Gasteiger partial charge in [-0.25, -0.2) is 10.1 Å². The van der Waals surface area contributed by atoms with Crippen LogP contribution >= 0.6 is 0 Å². The molecule has 2 heterocycles. The number of hydrogen-bond acceptors (Lipinski definition) is 8. The summed E-state index contributed by atoms with van der Waals surface area (Å²) in [5, 5.41) is 21.2. The van der Waals surface area contributed by atoms with Crippen LogP contribution in [0.25, 0.3) is 0 Å². The highest BCUT2D eigenvalue weighted by Gasteiger charge is 2.10. The molecule has 88 valence electrons. The third kappa shape index (κ3) is 2.37. The topological polar surface area (TPSA) is 137 Å². The van der Waals surface area contributed by atoms with Gasteiger partial charge in [-0.05, 0) is 6.07 Å². The molecule has 3 N–H and O–H groups in total. The lowest BCUT2D eigenvalue weighted by atomic mass is 10.5. The van der Waals surface area contributed by atoms with Crippen molar-refractivity contribution in [1.82, 2.24) is 14.9 Å². The van der Waals surface area contributed by atoms with Crippen molar-refractivity contribution >= 4 is 18.0 Å². The molecule has 0 radical (unpaired) electrons. The molecule has 0 atom stereocenters. The van der Waals surface area contributed by atoms with E-state index in [0.29, 0.717) is 0 Å². The molecule has 0 fully saturated rings. The number of nitrogens with one attached hydrogen (secondary N) is 1. The molecule has 0 aromatic carbocycles. The van der Waals surface area contributed by atoms with E-state index >= 15 is 0 Å². The number of anilines is 1. The molecular formula is C7H7N7O3. The van der Waals surface area contributed by atoms with Crippen LogP contribution in [-0.2, 0) is 0 Å². The zero-order valence-electron chi connectivity index (χ0n) is 8.35. The van der Waals surface area contributed by atoms with Crippen molar-refractivity contribution in [3.05, 3.63) is 34.3 Å². The van der Waals surface area contributed by atoms with E-state index in [9.17, 15) is 10.1 Å². The van der Waals surface area contributed by atoms with Gasteiger partial charge in [-0.1, -0.05) is 0 Å². The summed E-state index contributed by atoms with van der Waals surface area (Å²) in [6.45, 7) is 0. The van der Waals surface area contributed by atoms with E-state index in [-0.39, 0.29) is 17.6 Å². The van der Waals surface area contributed by atoms with Gasteiger partial charge in [0.15, 0.2) is 5.76 Å². The molecule has 10 nitrogen and oxygen atoms in total. The van der Waals surface area contributed by atoms with Crippen molar-refractivity contribution in [1.29, 1.82) is 0 Å². The Kier molecular flexibility index (Phi) is 2.68. The quantitative estimate of drug-likeness (QED) is 0.328. The van der Waals surface area contributed by atoms with Gasteiger partial charge >= 0.3 is 5.88 Å². The number of rotatable bonds is 4. The Morgan fingerprint density at radius 2 is 2.47 bits per heavy atom. The summed E-state index contributed by atoms with van der Waals surface area (Å²) in [5.41, 5.74) is 2.48. The van der Waals surface area contributed by atoms with Crippen molar-refractivity contribution in [2.45, 2.75) is 0 Å². The number of aromatic nitrogens is 3. The van der Waals surface area contributed by atoms with Crippen LogP contribution in [0.5, 0.6) is 0 Å². The minimum Gasteiger partial charge on any atom is -0.400 e. The van der Waals surface area contributed by atoms with Crippen LogP contribution in [-0.4, -0.2) is 26.0 Å². The number of nitrogens with two attached hydrogens (primary N) is 1. The molecule has 0 unspecified atom stereocenters. The molecule has 0 saturated heterocycles. The molecule has 0 aliphatic heterocycles. The molecule has 0 aliphatic carbocycles. The monoisotopic (exact) mass is 237 g/mol. The van der Waals surface area contributed by atoms with Gasteiger partial charge < -0.3 is 10.3 Å². The molecule has 0 spiro atoms. The fourth-order valence-corrected chi connectivity index (χ4v) is 0.986. The van der Waals surface area contributed by atoms with E-state index in [1.54, 1.807) is 0 Å². The highest BCUT2D eigenvalue weighted by Crippen LogP contribution is 2.13. The second kappa shape index (κ2) is 4.30. The summed E-state index contributed by atoms with van der Waals surface area (Å²) >= 11 is 0. The predicted octanol–water partition coefficient (Wildman–Crippen LogP) is -0.0609. The van der Waals surface area contributed by atoms with Crippen LogP contribution in [0.3, 0.4) is 0 Å². The van der Waals surface area contributed by atoms with Crippen LogP contribution in [0, 0.1) is 10.1 Å². The Morgan fingerprint density at radius 1 is 1.65 bits per heavy atom. The Bertz CT molecular complexity index is 557. The first kappa shape index (κ1) is 10.6. The van der Waals surface area contributed by atoms with E-state index in [0.717, 1.165) is 4.68 Å². The van der Waals surface area contributed by atoms with Crippen molar-refractivity contribution in [2.75, 3.05) is 11.3 Å². The minimum atomic E-state index is -0.638. The number of hydrazone groups is 1. The molecule has 2 rings (SSSR count). The molecule has 17 heavy (non-hydrogen) atoms.